The van der Waals surface area contributed by atoms with Crippen LogP contribution in [-0.4, -0.2) is 47.2 Å². The molecule has 4 rings (SSSR count). The fourth-order valence-electron chi connectivity index (χ4n) is 4.91. The van der Waals surface area contributed by atoms with Gasteiger partial charge in [0.2, 0.25) is 0 Å². The lowest BCUT2D eigenvalue weighted by Crippen LogP contribution is -2.37. The Kier molecular flexibility index (Phi) is 5.45. The summed E-state index contributed by atoms with van der Waals surface area (Å²) in [7, 11) is 0. The first-order valence-corrected chi connectivity index (χ1v) is 10.5. The molecule has 2 fully saturated rings. The third-order valence-electron chi connectivity index (χ3n) is 6.57. The lowest BCUT2D eigenvalue weighted by molar-refractivity contribution is 0.204. The molecule has 2 aliphatic rings. The number of tetrazole rings is 1. The Hall–Kier alpha value is -2.61. The molecule has 1 unspecified atom stereocenters. The van der Waals surface area contributed by atoms with E-state index in [1.807, 2.05) is 0 Å². The maximum Gasteiger partial charge on any atom is 0.175 e. The van der Waals surface area contributed by atoms with Crippen molar-refractivity contribution in [2.75, 3.05) is 0 Å². The molecule has 2 aromatic rings. The molecule has 8 heteroatoms. The second-order valence-electron chi connectivity index (χ2n) is 8.35. The molecule has 29 heavy (non-hydrogen) atoms. The van der Waals surface area contributed by atoms with Crippen molar-refractivity contribution in [2.45, 2.75) is 71.0 Å². The van der Waals surface area contributed by atoms with Crippen molar-refractivity contribution >= 4 is 0 Å². The van der Waals surface area contributed by atoms with Gasteiger partial charge >= 0.3 is 0 Å². The highest BCUT2D eigenvalue weighted by molar-refractivity contribution is 5.24. The van der Waals surface area contributed by atoms with Crippen molar-refractivity contribution in [3.63, 3.8) is 0 Å². The number of likely N-dealkylation sites (tertiary alicyclic amines) is 1. The lowest BCUT2D eigenvalue weighted by atomic mass is 9.69. The van der Waals surface area contributed by atoms with E-state index in [4.69, 9.17) is 0 Å². The van der Waals surface area contributed by atoms with Crippen LogP contribution >= 0.6 is 0 Å². The van der Waals surface area contributed by atoms with E-state index in [-0.39, 0.29) is 5.41 Å². The molecular weight excluding hydrogens is 364 g/mol. The predicted molar refractivity (Wildman–Crippen MR) is 111 cm³/mol. The van der Waals surface area contributed by atoms with E-state index in [2.05, 4.69) is 62.7 Å². The monoisotopic (exact) mass is 394 g/mol. The van der Waals surface area contributed by atoms with E-state index in [9.17, 15) is 0 Å². The van der Waals surface area contributed by atoms with Crippen molar-refractivity contribution < 1.29 is 0 Å². The fourth-order valence-corrected chi connectivity index (χ4v) is 4.91. The molecule has 1 N–H and O–H groups in total. The van der Waals surface area contributed by atoms with Crippen molar-refractivity contribution in [3.05, 3.63) is 49.0 Å². The molecule has 0 radical (unpaired) electrons. The Morgan fingerprint density at radius 1 is 1.28 bits per heavy atom. The third kappa shape index (κ3) is 3.81. The Labute approximate surface area is 172 Å². The number of rotatable bonds is 6. The van der Waals surface area contributed by atoms with Gasteiger partial charge in [-0.2, -0.15) is 4.68 Å². The van der Waals surface area contributed by atoms with Gasteiger partial charge in [-0.3, -0.25) is 4.98 Å². The van der Waals surface area contributed by atoms with Crippen molar-refractivity contribution in [1.82, 2.24) is 40.4 Å². The molecule has 0 aromatic carbocycles. The van der Waals surface area contributed by atoms with Crippen LogP contribution in [0.1, 0.15) is 58.1 Å². The summed E-state index contributed by atoms with van der Waals surface area (Å²) in [6, 6.07) is 1.02. The Morgan fingerprint density at radius 3 is 2.69 bits per heavy atom. The van der Waals surface area contributed by atoms with E-state index >= 15 is 0 Å². The zero-order chi connectivity index (χ0) is 20.4. The highest BCUT2D eigenvalue weighted by Crippen LogP contribution is 2.53. The normalized spacial score (nSPS) is 27.0. The summed E-state index contributed by atoms with van der Waals surface area (Å²) in [5.74, 6) is 0.616. The van der Waals surface area contributed by atoms with Crippen LogP contribution in [0.2, 0.25) is 0 Å². The average Bonchev–Trinajstić information content (AvgIpc) is 3.35. The molecule has 1 aliphatic heterocycles. The van der Waals surface area contributed by atoms with Crippen LogP contribution < -0.4 is 5.32 Å². The molecule has 8 nitrogen and oxygen atoms in total. The third-order valence-corrected chi connectivity index (χ3v) is 6.57. The maximum atomic E-state index is 4.49. The van der Waals surface area contributed by atoms with Crippen LogP contribution in [0.25, 0.3) is 5.82 Å². The zero-order valence-electron chi connectivity index (χ0n) is 17.4. The first kappa shape index (κ1) is 19.7. The molecule has 0 bridgehead atoms. The van der Waals surface area contributed by atoms with E-state index in [0.717, 1.165) is 31.5 Å². The Morgan fingerprint density at radius 2 is 2.07 bits per heavy atom. The van der Waals surface area contributed by atoms with E-state index in [1.165, 1.54) is 41.7 Å². The summed E-state index contributed by atoms with van der Waals surface area (Å²) in [6.45, 7) is 14.0. The summed E-state index contributed by atoms with van der Waals surface area (Å²) in [5.41, 5.74) is 3.66. The molecule has 2 aromatic heterocycles. The van der Waals surface area contributed by atoms with Gasteiger partial charge in [0.25, 0.3) is 0 Å². The molecule has 1 saturated carbocycles. The topological polar surface area (TPSA) is 84.7 Å². The van der Waals surface area contributed by atoms with Gasteiger partial charge in [-0.15, -0.1) is 5.10 Å². The van der Waals surface area contributed by atoms with Gasteiger partial charge in [0.1, 0.15) is 6.33 Å². The van der Waals surface area contributed by atoms with Gasteiger partial charge in [-0.1, -0.05) is 20.1 Å². The predicted octanol–water partition coefficient (Wildman–Crippen LogP) is 3.00. The number of nitrogens with one attached hydrogen (secondary N) is 1. The quantitative estimate of drug-likeness (QED) is 0.806. The standard InChI is InChI=1S/C21H30N8/c1-5-15(2)29-16(3)10-21(17(29)4)8-6-18(7-9-21)22-11-19-12-24-20(13-23-19)28-14-25-26-27-28/h12-14,16,18,22H,2,4-11H2,1,3H3. The molecule has 1 atom stereocenters. The largest absolute Gasteiger partial charge is 0.346 e. The van der Waals surface area contributed by atoms with Crippen LogP contribution in [-0.2, 0) is 6.54 Å². The van der Waals surface area contributed by atoms with Gasteiger partial charge < -0.3 is 10.2 Å². The van der Waals surface area contributed by atoms with E-state index in [0.29, 0.717) is 17.9 Å². The number of nitrogens with zero attached hydrogens (tertiary/aromatic N) is 7. The second-order valence-corrected chi connectivity index (χ2v) is 8.35. The summed E-state index contributed by atoms with van der Waals surface area (Å²) >= 11 is 0. The summed E-state index contributed by atoms with van der Waals surface area (Å²) in [4.78, 5) is 11.3. The van der Waals surface area contributed by atoms with Gasteiger partial charge in [-0.05, 0) is 55.9 Å². The summed E-state index contributed by atoms with van der Waals surface area (Å²) in [6.07, 6.45) is 11.9. The Bertz CT molecular complexity index is 849. The van der Waals surface area contributed by atoms with Gasteiger partial charge in [0.15, 0.2) is 5.82 Å². The van der Waals surface area contributed by atoms with Gasteiger partial charge in [0.05, 0.1) is 18.1 Å². The number of hydrogen-bond donors (Lipinski definition) is 1. The van der Waals surface area contributed by atoms with Crippen LogP contribution in [0, 0.1) is 5.41 Å². The first-order valence-electron chi connectivity index (χ1n) is 10.5. The molecule has 154 valence electrons. The van der Waals surface area contributed by atoms with Crippen LogP contribution in [0.3, 0.4) is 0 Å². The van der Waals surface area contributed by atoms with Crippen molar-refractivity contribution in [1.29, 1.82) is 0 Å². The van der Waals surface area contributed by atoms with Gasteiger partial charge in [0, 0.05) is 35.4 Å². The fraction of sp³-hybridized carbons (Fsp3) is 0.571. The SMILES string of the molecule is C=C(CC)N1C(=C)C2(CCC(NCc3cnc(-n4cnnn4)cn3)CC2)CC1C. The van der Waals surface area contributed by atoms with Crippen LogP contribution in [0.4, 0.5) is 0 Å². The number of hydrogen-bond acceptors (Lipinski definition) is 7. The van der Waals surface area contributed by atoms with Crippen LogP contribution in [0.5, 0.6) is 0 Å². The number of aromatic nitrogens is 6. The highest BCUT2D eigenvalue weighted by Gasteiger charge is 2.47. The summed E-state index contributed by atoms with van der Waals surface area (Å²) in [5, 5.41) is 14.7. The minimum absolute atomic E-state index is 0.253. The van der Waals surface area contributed by atoms with Gasteiger partial charge in [-0.25, -0.2) is 4.98 Å². The molecule has 0 amide bonds. The number of allylic oxidation sites excluding steroid dienone is 2. The van der Waals surface area contributed by atoms with Crippen molar-refractivity contribution in [2.24, 2.45) is 5.41 Å². The molecule has 1 aliphatic carbocycles. The van der Waals surface area contributed by atoms with E-state index < -0.39 is 0 Å². The average molecular weight is 395 g/mol. The second kappa shape index (κ2) is 8.02. The maximum absolute atomic E-state index is 4.49. The molecule has 3 heterocycles. The van der Waals surface area contributed by atoms with E-state index in [1.54, 1.807) is 12.4 Å². The zero-order valence-corrected chi connectivity index (χ0v) is 17.4. The smallest absolute Gasteiger partial charge is 0.175 e. The highest BCUT2D eigenvalue weighted by atomic mass is 15.5. The lowest BCUT2D eigenvalue weighted by Gasteiger charge is -2.39. The Balaban J connectivity index is 1.30. The van der Waals surface area contributed by atoms with Crippen LogP contribution in [0.15, 0.2) is 43.3 Å². The minimum Gasteiger partial charge on any atom is -0.346 e. The first-order chi connectivity index (χ1) is 14.0. The molecule has 1 saturated heterocycles. The molecular formula is C21H30N8. The van der Waals surface area contributed by atoms with Crippen molar-refractivity contribution in [3.8, 4) is 5.82 Å². The molecule has 1 spiro atoms. The summed E-state index contributed by atoms with van der Waals surface area (Å²) < 4.78 is 1.50. The minimum atomic E-state index is 0.253.